The third-order valence-electron chi connectivity index (χ3n) is 2.29. The fourth-order valence-electron chi connectivity index (χ4n) is 1.45. The molecule has 0 saturated heterocycles. The molecule has 3 heteroatoms. The summed E-state index contributed by atoms with van der Waals surface area (Å²) in [6.07, 6.45) is 3.60. The van der Waals surface area contributed by atoms with Crippen molar-refractivity contribution in [2.45, 2.75) is 24.7 Å². The van der Waals surface area contributed by atoms with Gasteiger partial charge in [-0.15, -0.1) is 11.8 Å². The fourth-order valence-corrected chi connectivity index (χ4v) is 2.25. The van der Waals surface area contributed by atoms with E-state index in [4.69, 9.17) is 0 Å². The molecule has 0 bridgehead atoms. The molecule has 0 radical (unpaired) electrons. The highest BCUT2D eigenvalue weighted by atomic mass is 79.9. The maximum absolute atomic E-state index is 11.4. The van der Waals surface area contributed by atoms with Gasteiger partial charge in [-0.2, -0.15) is 0 Å². The van der Waals surface area contributed by atoms with Crippen LogP contribution in [0.25, 0.3) is 0 Å². The standard InChI is InChI=1S/C12H15BrOS/c1-3-9-4-5-12(15-2)10(6-9)7-11(14)8-13/h4-6H,3,7-8H2,1-2H3. The van der Waals surface area contributed by atoms with Crippen LogP contribution in [-0.4, -0.2) is 17.4 Å². The third-order valence-corrected chi connectivity index (χ3v) is 3.75. The van der Waals surface area contributed by atoms with Crippen molar-refractivity contribution in [1.82, 2.24) is 0 Å². The van der Waals surface area contributed by atoms with Gasteiger partial charge in [0.25, 0.3) is 0 Å². The number of Topliss-reactive ketones (excluding diaryl/α,β-unsaturated/α-hetero) is 1. The zero-order valence-electron chi connectivity index (χ0n) is 9.05. The lowest BCUT2D eigenvalue weighted by atomic mass is 10.0. The maximum atomic E-state index is 11.4. The van der Waals surface area contributed by atoms with Crippen LogP contribution in [0.5, 0.6) is 0 Å². The lowest BCUT2D eigenvalue weighted by molar-refractivity contribution is -0.115. The minimum Gasteiger partial charge on any atom is -0.298 e. The van der Waals surface area contributed by atoms with Crippen LogP contribution in [0.4, 0.5) is 0 Å². The van der Waals surface area contributed by atoms with E-state index in [0.717, 1.165) is 12.0 Å². The summed E-state index contributed by atoms with van der Waals surface area (Å²) in [5, 5.41) is 0.442. The lowest BCUT2D eigenvalue weighted by Gasteiger charge is -2.08. The number of alkyl halides is 1. The zero-order valence-corrected chi connectivity index (χ0v) is 11.5. The summed E-state index contributed by atoms with van der Waals surface area (Å²) >= 11 is 4.90. The van der Waals surface area contributed by atoms with Crippen LogP contribution in [-0.2, 0) is 17.6 Å². The second-order valence-electron chi connectivity index (χ2n) is 3.35. The predicted molar refractivity (Wildman–Crippen MR) is 70.1 cm³/mol. The van der Waals surface area contributed by atoms with E-state index in [0.29, 0.717) is 11.8 Å². The van der Waals surface area contributed by atoms with Crippen molar-refractivity contribution in [2.75, 3.05) is 11.6 Å². The minimum absolute atomic E-state index is 0.235. The van der Waals surface area contributed by atoms with Gasteiger partial charge >= 0.3 is 0 Å². The second kappa shape index (κ2) is 6.33. The average Bonchev–Trinajstić information content (AvgIpc) is 2.28. The normalized spacial score (nSPS) is 10.3. The molecule has 0 unspecified atom stereocenters. The summed E-state index contributed by atoms with van der Waals surface area (Å²) in [5.74, 6) is 0.235. The molecule has 0 atom stereocenters. The summed E-state index contributed by atoms with van der Waals surface area (Å²) in [7, 11) is 0. The van der Waals surface area contributed by atoms with Gasteiger partial charge in [-0.05, 0) is 29.9 Å². The molecule has 1 aromatic carbocycles. The second-order valence-corrected chi connectivity index (χ2v) is 4.76. The van der Waals surface area contributed by atoms with E-state index in [1.165, 1.54) is 10.5 Å². The van der Waals surface area contributed by atoms with Gasteiger partial charge in [0.05, 0.1) is 5.33 Å². The Morgan fingerprint density at radius 2 is 2.20 bits per heavy atom. The van der Waals surface area contributed by atoms with E-state index in [1.54, 1.807) is 11.8 Å². The van der Waals surface area contributed by atoms with Crippen LogP contribution >= 0.6 is 27.7 Å². The molecule has 0 spiro atoms. The van der Waals surface area contributed by atoms with E-state index >= 15 is 0 Å². The Bertz CT molecular complexity index is 349. The van der Waals surface area contributed by atoms with Gasteiger partial charge in [0.15, 0.2) is 0 Å². The molecule has 1 aromatic rings. The van der Waals surface area contributed by atoms with Gasteiger partial charge in [-0.25, -0.2) is 0 Å². The molecule has 0 aliphatic carbocycles. The van der Waals surface area contributed by atoms with Gasteiger partial charge in [-0.3, -0.25) is 4.79 Å². The van der Waals surface area contributed by atoms with E-state index < -0.39 is 0 Å². The number of halogens is 1. The summed E-state index contributed by atoms with van der Waals surface area (Å²) in [4.78, 5) is 12.6. The Hall–Kier alpha value is -0.280. The number of carbonyl (C=O) groups excluding carboxylic acids is 1. The van der Waals surface area contributed by atoms with E-state index in [1.807, 2.05) is 6.26 Å². The molecule has 82 valence electrons. The first-order chi connectivity index (χ1) is 7.21. The van der Waals surface area contributed by atoms with E-state index in [-0.39, 0.29) is 5.78 Å². The summed E-state index contributed by atoms with van der Waals surface area (Å²) < 4.78 is 0. The first-order valence-corrected chi connectivity index (χ1v) is 7.29. The number of thioether (sulfide) groups is 1. The molecule has 0 fully saturated rings. The largest absolute Gasteiger partial charge is 0.298 e. The molecule has 0 aliphatic heterocycles. The minimum atomic E-state index is 0.235. The highest BCUT2D eigenvalue weighted by Crippen LogP contribution is 2.22. The number of hydrogen-bond donors (Lipinski definition) is 0. The number of carbonyl (C=O) groups is 1. The Balaban J connectivity index is 2.95. The molecular weight excluding hydrogens is 272 g/mol. The van der Waals surface area contributed by atoms with Crippen molar-refractivity contribution in [2.24, 2.45) is 0 Å². The topological polar surface area (TPSA) is 17.1 Å². The van der Waals surface area contributed by atoms with Crippen molar-refractivity contribution < 1.29 is 4.79 Å². The first kappa shape index (κ1) is 12.8. The predicted octanol–water partition coefficient (Wildman–Crippen LogP) is 3.48. The van der Waals surface area contributed by atoms with Crippen LogP contribution in [0.15, 0.2) is 23.1 Å². The zero-order chi connectivity index (χ0) is 11.3. The Kier molecular flexibility index (Phi) is 5.40. The average molecular weight is 287 g/mol. The van der Waals surface area contributed by atoms with Crippen LogP contribution < -0.4 is 0 Å². The molecule has 1 nitrogen and oxygen atoms in total. The quantitative estimate of drug-likeness (QED) is 0.609. The van der Waals surface area contributed by atoms with Gasteiger partial charge in [0.2, 0.25) is 0 Å². The maximum Gasteiger partial charge on any atom is 0.147 e. The third kappa shape index (κ3) is 3.65. The molecule has 0 aliphatic rings. The van der Waals surface area contributed by atoms with Crippen molar-refractivity contribution in [3.8, 4) is 0 Å². The van der Waals surface area contributed by atoms with Crippen molar-refractivity contribution >= 4 is 33.5 Å². The number of rotatable bonds is 5. The van der Waals surface area contributed by atoms with Crippen LogP contribution in [0.3, 0.4) is 0 Å². The van der Waals surface area contributed by atoms with Crippen LogP contribution in [0.2, 0.25) is 0 Å². The fraction of sp³-hybridized carbons (Fsp3) is 0.417. The van der Waals surface area contributed by atoms with Gasteiger partial charge in [-0.1, -0.05) is 35.0 Å². The first-order valence-electron chi connectivity index (χ1n) is 4.94. The summed E-state index contributed by atoms with van der Waals surface area (Å²) in [5.41, 5.74) is 2.46. The highest BCUT2D eigenvalue weighted by Gasteiger charge is 2.07. The van der Waals surface area contributed by atoms with Crippen molar-refractivity contribution in [3.05, 3.63) is 29.3 Å². The molecule has 0 amide bonds. The highest BCUT2D eigenvalue weighted by molar-refractivity contribution is 9.09. The number of hydrogen-bond acceptors (Lipinski definition) is 2. The van der Waals surface area contributed by atoms with Gasteiger partial charge in [0, 0.05) is 11.3 Å². The van der Waals surface area contributed by atoms with Crippen molar-refractivity contribution in [3.63, 3.8) is 0 Å². The molecule has 0 N–H and O–H groups in total. The monoisotopic (exact) mass is 286 g/mol. The SMILES string of the molecule is CCc1ccc(SC)c(CC(=O)CBr)c1. The van der Waals surface area contributed by atoms with E-state index in [9.17, 15) is 4.79 Å². The molecule has 1 rings (SSSR count). The molecular formula is C12H15BrOS. The van der Waals surface area contributed by atoms with Gasteiger partial charge in [0.1, 0.15) is 5.78 Å². The van der Waals surface area contributed by atoms with Crippen molar-refractivity contribution in [1.29, 1.82) is 0 Å². The molecule has 0 saturated carbocycles. The molecule has 0 heterocycles. The number of aryl methyl sites for hydroxylation is 1. The van der Waals surface area contributed by atoms with E-state index in [2.05, 4.69) is 41.1 Å². The molecule has 0 aromatic heterocycles. The smallest absolute Gasteiger partial charge is 0.147 e. The Labute approximate surface area is 104 Å². The number of benzene rings is 1. The summed E-state index contributed by atoms with van der Waals surface area (Å²) in [6.45, 7) is 2.13. The summed E-state index contributed by atoms with van der Waals surface area (Å²) in [6, 6.07) is 6.39. The number of ketones is 1. The van der Waals surface area contributed by atoms with Gasteiger partial charge < -0.3 is 0 Å². The van der Waals surface area contributed by atoms with Crippen LogP contribution in [0, 0.1) is 0 Å². The Morgan fingerprint density at radius 1 is 1.47 bits per heavy atom. The van der Waals surface area contributed by atoms with Crippen LogP contribution in [0.1, 0.15) is 18.1 Å². The Morgan fingerprint density at radius 3 is 2.73 bits per heavy atom. The lowest BCUT2D eigenvalue weighted by Crippen LogP contribution is -2.05. The molecule has 15 heavy (non-hydrogen) atoms.